The summed E-state index contributed by atoms with van der Waals surface area (Å²) in [5, 5.41) is 9.40. The van der Waals surface area contributed by atoms with E-state index < -0.39 is 6.10 Å². The number of benzene rings is 1. The maximum absolute atomic E-state index is 11.9. The number of aliphatic hydroxyl groups is 1. The van der Waals surface area contributed by atoms with Gasteiger partial charge >= 0.3 is 5.97 Å². The van der Waals surface area contributed by atoms with Gasteiger partial charge in [-0.05, 0) is 12.0 Å². The van der Waals surface area contributed by atoms with E-state index in [1.54, 1.807) is 0 Å². The Morgan fingerprint density at radius 2 is 1.37 bits per heavy atom. The Morgan fingerprint density at radius 3 is 1.90 bits per heavy atom. The minimum Gasteiger partial charge on any atom is -0.463 e. The highest BCUT2D eigenvalue weighted by molar-refractivity contribution is 5.69. The second-order valence-corrected chi connectivity index (χ2v) is 8.28. The highest BCUT2D eigenvalue weighted by Crippen LogP contribution is 2.13. The molecule has 1 aromatic carbocycles. The Kier molecular flexibility index (Phi) is 17.4. The molecule has 0 fully saturated rings. The minimum atomic E-state index is -0.471. The zero-order valence-corrected chi connectivity index (χ0v) is 19.2. The van der Waals surface area contributed by atoms with Gasteiger partial charge in [0.2, 0.25) is 0 Å². The number of hydrogen-bond donors (Lipinski definition) is 1. The number of aliphatic hydroxyl groups excluding tert-OH is 1. The van der Waals surface area contributed by atoms with Crippen molar-refractivity contribution >= 4 is 5.97 Å². The number of unbranched alkanes of at least 4 members (excludes halogenated alkanes) is 12. The van der Waals surface area contributed by atoms with Gasteiger partial charge in [0.1, 0.15) is 12.7 Å². The lowest BCUT2D eigenvalue weighted by Crippen LogP contribution is -2.25. The Morgan fingerprint density at radius 1 is 0.833 bits per heavy atom. The summed E-state index contributed by atoms with van der Waals surface area (Å²) in [6.45, 7) is 2.63. The Labute approximate surface area is 184 Å². The topological polar surface area (TPSA) is 55.8 Å². The lowest BCUT2D eigenvalue weighted by molar-refractivity contribution is -0.149. The van der Waals surface area contributed by atoms with E-state index in [1.807, 2.05) is 30.3 Å². The molecular weight excluding hydrogens is 376 g/mol. The molecule has 0 heterocycles. The minimum absolute atomic E-state index is 0.112. The van der Waals surface area contributed by atoms with E-state index in [1.165, 1.54) is 70.6 Å². The van der Waals surface area contributed by atoms with E-state index >= 15 is 0 Å². The van der Waals surface area contributed by atoms with Crippen molar-refractivity contribution in [1.82, 2.24) is 0 Å². The second kappa shape index (κ2) is 19.6. The lowest BCUT2D eigenvalue weighted by atomic mass is 10.0. The van der Waals surface area contributed by atoms with Gasteiger partial charge in [0, 0.05) is 6.42 Å². The summed E-state index contributed by atoms with van der Waals surface area (Å²) in [4.78, 5) is 11.9. The lowest BCUT2D eigenvalue weighted by Gasteiger charge is -2.15. The fourth-order valence-electron chi connectivity index (χ4n) is 3.49. The molecule has 0 spiro atoms. The van der Waals surface area contributed by atoms with Gasteiger partial charge in [-0.25, -0.2) is 0 Å². The van der Waals surface area contributed by atoms with Crippen LogP contribution in [0.15, 0.2) is 30.3 Å². The summed E-state index contributed by atoms with van der Waals surface area (Å²) in [5.74, 6) is -0.195. The summed E-state index contributed by atoms with van der Waals surface area (Å²) in [7, 11) is 0. The number of hydrogen-bond acceptors (Lipinski definition) is 4. The Balaban J connectivity index is 1.90. The molecule has 1 N–H and O–H groups in total. The van der Waals surface area contributed by atoms with Crippen LogP contribution in [-0.2, 0) is 20.9 Å². The third kappa shape index (κ3) is 15.4. The van der Waals surface area contributed by atoms with Crippen LogP contribution in [0.3, 0.4) is 0 Å². The van der Waals surface area contributed by atoms with Crippen LogP contribution < -0.4 is 0 Å². The Bertz CT molecular complexity index is 503. The molecule has 4 nitrogen and oxygen atoms in total. The van der Waals surface area contributed by atoms with Crippen LogP contribution in [-0.4, -0.2) is 30.4 Å². The Hall–Kier alpha value is -1.39. The maximum Gasteiger partial charge on any atom is 0.305 e. The molecule has 172 valence electrons. The molecule has 30 heavy (non-hydrogen) atoms. The van der Waals surface area contributed by atoms with Gasteiger partial charge in [-0.3, -0.25) is 4.79 Å². The molecule has 0 aliphatic heterocycles. The van der Waals surface area contributed by atoms with Crippen molar-refractivity contribution < 1.29 is 19.4 Å². The summed E-state index contributed by atoms with van der Waals surface area (Å²) in [6.07, 6.45) is 16.8. The van der Waals surface area contributed by atoms with Gasteiger partial charge in [0.25, 0.3) is 0 Å². The third-order valence-corrected chi connectivity index (χ3v) is 5.45. The average molecular weight is 421 g/mol. The number of carbonyl (C=O) groups excluding carboxylic acids is 1. The standard InChI is InChI=1S/C26H44O4/c1-2-3-4-5-6-7-8-9-10-11-12-13-17-20-26(28)30-23-25(21-27)29-22-24-18-15-14-16-19-24/h14-16,18-19,25,27H,2-13,17,20-23H2,1H3/t25-/m0/s1. The molecule has 1 aromatic rings. The van der Waals surface area contributed by atoms with Crippen LogP contribution in [0.25, 0.3) is 0 Å². The van der Waals surface area contributed by atoms with Crippen LogP contribution in [0, 0.1) is 0 Å². The summed E-state index contributed by atoms with van der Waals surface area (Å²) < 4.78 is 10.9. The SMILES string of the molecule is CCCCCCCCCCCCCCCC(=O)OC[C@H](CO)OCc1ccccc1. The first kappa shape index (κ1) is 26.6. The van der Waals surface area contributed by atoms with Crippen LogP contribution in [0.2, 0.25) is 0 Å². The van der Waals surface area contributed by atoms with E-state index in [0.717, 1.165) is 18.4 Å². The van der Waals surface area contributed by atoms with Crippen molar-refractivity contribution in [1.29, 1.82) is 0 Å². The van der Waals surface area contributed by atoms with Crippen molar-refractivity contribution in [3.63, 3.8) is 0 Å². The van der Waals surface area contributed by atoms with Crippen LogP contribution in [0.4, 0.5) is 0 Å². The van der Waals surface area contributed by atoms with E-state index in [9.17, 15) is 9.90 Å². The van der Waals surface area contributed by atoms with E-state index in [0.29, 0.717) is 13.0 Å². The van der Waals surface area contributed by atoms with Crippen molar-refractivity contribution in [2.75, 3.05) is 13.2 Å². The van der Waals surface area contributed by atoms with Crippen molar-refractivity contribution in [3.05, 3.63) is 35.9 Å². The first-order valence-electron chi connectivity index (χ1n) is 12.2. The number of esters is 1. The quantitative estimate of drug-likeness (QED) is 0.191. The first-order chi connectivity index (χ1) is 14.8. The van der Waals surface area contributed by atoms with Gasteiger partial charge < -0.3 is 14.6 Å². The predicted octanol–water partition coefficient (Wildman–Crippen LogP) is 6.59. The molecule has 0 radical (unpaired) electrons. The molecule has 1 atom stereocenters. The molecule has 1 rings (SSSR count). The summed E-state index contributed by atoms with van der Waals surface area (Å²) in [5.41, 5.74) is 1.04. The monoisotopic (exact) mass is 420 g/mol. The molecule has 0 saturated heterocycles. The van der Waals surface area contributed by atoms with E-state index in [4.69, 9.17) is 9.47 Å². The maximum atomic E-state index is 11.9. The highest BCUT2D eigenvalue weighted by atomic mass is 16.6. The van der Waals surface area contributed by atoms with Crippen LogP contribution >= 0.6 is 0 Å². The number of ether oxygens (including phenoxy) is 2. The zero-order valence-electron chi connectivity index (χ0n) is 19.2. The molecule has 4 heteroatoms. The van der Waals surface area contributed by atoms with Crippen molar-refractivity contribution in [3.8, 4) is 0 Å². The van der Waals surface area contributed by atoms with E-state index in [2.05, 4.69) is 6.92 Å². The molecule has 0 aliphatic rings. The van der Waals surface area contributed by atoms with E-state index in [-0.39, 0.29) is 19.2 Å². The first-order valence-corrected chi connectivity index (χ1v) is 12.2. The highest BCUT2D eigenvalue weighted by Gasteiger charge is 2.12. The zero-order chi connectivity index (χ0) is 21.7. The molecule has 0 bridgehead atoms. The fourth-order valence-corrected chi connectivity index (χ4v) is 3.49. The van der Waals surface area contributed by atoms with Crippen LogP contribution in [0.1, 0.15) is 102 Å². The summed E-state index contributed by atoms with van der Waals surface area (Å²) in [6, 6.07) is 9.78. The molecule has 0 amide bonds. The largest absolute Gasteiger partial charge is 0.463 e. The molecular formula is C26H44O4. The van der Waals surface area contributed by atoms with Gasteiger partial charge in [-0.15, -0.1) is 0 Å². The third-order valence-electron chi connectivity index (χ3n) is 5.45. The molecule has 0 unspecified atom stereocenters. The predicted molar refractivity (Wildman–Crippen MR) is 123 cm³/mol. The van der Waals surface area contributed by atoms with Gasteiger partial charge in [-0.2, -0.15) is 0 Å². The average Bonchev–Trinajstić information content (AvgIpc) is 2.77. The van der Waals surface area contributed by atoms with Gasteiger partial charge in [0.15, 0.2) is 0 Å². The van der Waals surface area contributed by atoms with Gasteiger partial charge in [0.05, 0.1) is 13.2 Å². The molecule has 0 aliphatic carbocycles. The number of rotatable bonds is 20. The fraction of sp³-hybridized carbons (Fsp3) is 0.731. The van der Waals surface area contributed by atoms with Crippen LogP contribution in [0.5, 0.6) is 0 Å². The molecule has 0 aromatic heterocycles. The van der Waals surface area contributed by atoms with Crippen molar-refractivity contribution in [2.24, 2.45) is 0 Å². The normalized spacial score (nSPS) is 12.1. The summed E-state index contributed by atoms with van der Waals surface area (Å²) >= 11 is 0. The molecule has 0 saturated carbocycles. The second-order valence-electron chi connectivity index (χ2n) is 8.28. The smallest absolute Gasteiger partial charge is 0.305 e. The number of carbonyl (C=O) groups is 1. The van der Waals surface area contributed by atoms with Gasteiger partial charge in [-0.1, -0.05) is 114 Å². The van der Waals surface area contributed by atoms with Crippen molar-refractivity contribution in [2.45, 2.75) is 110 Å².